The van der Waals surface area contributed by atoms with Gasteiger partial charge in [-0.15, -0.1) is 0 Å². The molecule has 0 aromatic heterocycles. The highest BCUT2D eigenvalue weighted by atomic mass is 32.2. The van der Waals surface area contributed by atoms with Gasteiger partial charge in [-0.3, -0.25) is 9.59 Å². The number of hydrogen-bond acceptors (Lipinski definition) is 5. The van der Waals surface area contributed by atoms with Crippen LogP contribution in [0.3, 0.4) is 0 Å². The summed E-state index contributed by atoms with van der Waals surface area (Å²) in [6.07, 6.45) is 0.968. The number of carbonyl (C=O) groups excluding carboxylic acids is 2. The lowest BCUT2D eigenvalue weighted by Gasteiger charge is -2.19. The van der Waals surface area contributed by atoms with Gasteiger partial charge in [-0.05, 0) is 55.7 Å². The first-order chi connectivity index (χ1) is 14.7. The standard InChI is InChI=1S/C22H28N4O4S/c1-16(25-31(29,30)21-10-8-19(9-11-21)24-17(2)27)22(28)23-14-18-12-13-26(15-18)20-6-4-3-5-7-20/h3-11,16,18,25H,12-15H2,1-2H3,(H,23,28)(H,24,27)/t16-,18?/m0/s1. The van der Waals surface area contributed by atoms with Crippen molar-refractivity contribution in [3.63, 3.8) is 0 Å². The van der Waals surface area contributed by atoms with E-state index >= 15 is 0 Å². The Hall–Kier alpha value is -2.91. The highest BCUT2D eigenvalue weighted by molar-refractivity contribution is 7.89. The van der Waals surface area contributed by atoms with Gasteiger partial charge < -0.3 is 15.5 Å². The van der Waals surface area contributed by atoms with Crippen LogP contribution in [0.1, 0.15) is 20.3 Å². The second-order valence-electron chi connectivity index (χ2n) is 7.73. The van der Waals surface area contributed by atoms with Gasteiger partial charge in [0.15, 0.2) is 0 Å². The summed E-state index contributed by atoms with van der Waals surface area (Å²) in [6, 6.07) is 15.0. The monoisotopic (exact) mass is 444 g/mol. The number of sulfonamides is 1. The third kappa shape index (κ3) is 6.28. The molecule has 3 rings (SSSR count). The molecule has 0 spiro atoms. The average Bonchev–Trinajstić information content (AvgIpc) is 3.21. The van der Waals surface area contributed by atoms with Crippen molar-refractivity contribution in [2.24, 2.45) is 5.92 Å². The molecule has 1 fully saturated rings. The van der Waals surface area contributed by atoms with Gasteiger partial charge in [0.1, 0.15) is 0 Å². The van der Waals surface area contributed by atoms with Gasteiger partial charge in [0.05, 0.1) is 10.9 Å². The molecular weight excluding hydrogens is 416 g/mol. The fraction of sp³-hybridized carbons (Fsp3) is 0.364. The molecule has 166 valence electrons. The minimum Gasteiger partial charge on any atom is -0.371 e. The van der Waals surface area contributed by atoms with Crippen molar-refractivity contribution >= 4 is 33.2 Å². The van der Waals surface area contributed by atoms with Crippen molar-refractivity contribution in [3.8, 4) is 0 Å². The molecule has 1 aliphatic rings. The largest absolute Gasteiger partial charge is 0.371 e. The van der Waals surface area contributed by atoms with E-state index in [4.69, 9.17) is 0 Å². The Balaban J connectivity index is 1.49. The molecule has 8 nitrogen and oxygen atoms in total. The van der Waals surface area contributed by atoms with Crippen LogP contribution < -0.4 is 20.3 Å². The molecule has 2 aromatic rings. The summed E-state index contributed by atoms with van der Waals surface area (Å²) in [4.78, 5) is 25.8. The molecule has 0 aliphatic carbocycles. The van der Waals surface area contributed by atoms with Crippen LogP contribution in [0.4, 0.5) is 11.4 Å². The molecular formula is C22H28N4O4S. The van der Waals surface area contributed by atoms with E-state index in [0.717, 1.165) is 19.5 Å². The predicted octanol–water partition coefficient (Wildman–Crippen LogP) is 1.95. The van der Waals surface area contributed by atoms with E-state index in [1.807, 2.05) is 18.2 Å². The highest BCUT2D eigenvalue weighted by Gasteiger charge is 2.25. The van der Waals surface area contributed by atoms with Crippen molar-refractivity contribution in [1.82, 2.24) is 10.0 Å². The number of para-hydroxylation sites is 1. The lowest BCUT2D eigenvalue weighted by Crippen LogP contribution is -2.46. The zero-order valence-corrected chi connectivity index (χ0v) is 18.5. The number of anilines is 2. The van der Waals surface area contributed by atoms with Crippen LogP contribution in [0.5, 0.6) is 0 Å². The highest BCUT2D eigenvalue weighted by Crippen LogP contribution is 2.23. The fourth-order valence-corrected chi connectivity index (χ4v) is 4.75. The number of rotatable bonds is 8. The van der Waals surface area contributed by atoms with E-state index in [-0.39, 0.29) is 16.7 Å². The maximum atomic E-state index is 12.6. The summed E-state index contributed by atoms with van der Waals surface area (Å²) in [5, 5.41) is 5.44. The SMILES string of the molecule is CC(=O)Nc1ccc(S(=O)(=O)N[C@@H](C)C(=O)NCC2CCN(c3ccccc3)C2)cc1. The van der Waals surface area contributed by atoms with E-state index in [1.165, 1.54) is 43.8 Å². The average molecular weight is 445 g/mol. The molecule has 9 heteroatoms. The maximum absolute atomic E-state index is 12.6. The predicted molar refractivity (Wildman–Crippen MR) is 120 cm³/mol. The summed E-state index contributed by atoms with van der Waals surface area (Å²) < 4.78 is 27.5. The zero-order valence-electron chi connectivity index (χ0n) is 17.7. The Bertz CT molecular complexity index is 1010. The molecule has 1 saturated heterocycles. The molecule has 1 aliphatic heterocycles. The quantitative estimate of drug-likeness (QED) is 0.577. The fourth-order valence-electron chi connectivity index (χ4n) is 3.55. The molecule has 3 N–H and O–H groups in total. The van der Waals surface area contributed by atoms with E-state index in [2.05, 4.69) is 32.4 Å². The molecule has 2 atom stereocenters. The van der Waals surface area contributed by atoms with Crippen molar-refractivity contribution in [2.45, 2.75) is 31.2 Å². The molecule has 31 heavy (non-hydrogen) atoms. The van der Waals surface area contributed by atoms with Gasteiger partial charge in [0, 0.05) is 37.9 Å². The molecule has 1 heterocycles. The van der Waals surface area contributed by atoms with Gasteiger partial charge in [-0.2, -0.15) is 4.72 Å². The van der Waals surface area contributed by atoms with Crippen LogP contribution in [0.25, 0.3) is 0 Å². The van der Waals surface area contributed by atoms with Gasteiger partial charge in [-0.25, -0.2) is 8.42 Å². The summed E-state index contributed by atoms with van der Waals surface area (Å²) in [7, 11) is -3.86. The smallest absolute Gasteiger partial charge is 0.241 e. The minimum atomic E-state index is -3.86. The lowest BCUT2D eigenvalue weighted by molar-refractivity contribution is -0.122. The maximum Gasteiger partial charge on any atom is 0.241 e. The third-order valence-electron chi connectivity index (χ3n) is 5.18. The number of carbonyl (C=O) groups is 2. The van der Waals surface area contributed by atoms with Gasteiger partial charge in [0.2, 0.25) is 21.8 Å². The van der Waals surface area contributed by atoms with E-state index in [0.29, 0.717) is 18.2 Å². The second-order valence-corrected chi connectivity index (χ2v) is 9.44. The van der Waals surface area contributed by atoms with Crippen LogP contribution in [0.2, 0.25) is 0 Å². The van der Waals surface area contributed by atoms with Crippen LogP contribution in [0, 0.1) is 5.92 Å². The Kier molecular flexibility index (Phi) is 7.29. The Labute approximate surface area is 183 Å². The summed E-state index contributed by atoms with van der Waals surface area (Å²) >= 11 is 0. The normalized spacial score (nSPS) is 17.2. The Morgan fingerprint density at radius 1 is 1.10 bits per heavy atom. The molecule has 0 bridgehead atoms. The van der Waals surface area contributed by atoms with Crippen molar-refractivity contribution in [3.05, 3.63) is 54.6 Å². The minimum absolute atomic E-state index is 0.0237. The van der Waals surface area contributed by atoms with Crippen LogP contribution in [0.15, 0.2) is 59.5 Å². The van der Waals surface area contributed by atoms with Crippen molar-refractivity contribution in [1.29, 1.82) is 0 Å². The Morgan fingerprint density at radius 2 is 1.77 bits per heavy atom. The first-order valence-corrected chi connectivity index (χ1v) is 11.7. The number of amides is 2. The number of benzene rings is 2. The molecule has 2 amide bonds. The van der Waals surface area contributed by atoms with E-state index < -0.39 is 16.1 Å². The number of hydrogen-bond donors (Lipinski definition) is 3. The molecule has 2 aromatic carbocycles. The van der Waals surface area contributed by atoms with Crippen molar-refractivity contribution in [2.75, 3.05) is 29.9 Å². The summed E-state index contributed by atoms with van der Waals surface area (Å²) in [5.74, 6) is -0.293. The van der Waals surface area contributed by atoms with Crippen LogP contribution in [-0.4, -0.2) is 45.9 Å². The first kappa shape index (κ1) is 22.8. The van der Waals surface area contributed by atoms with Crippen LogP contribution >= 0.6 is 0 Å². The van der Waals surface area contributed by atoms with Gasteiger partial charge in [-0.1, -0.05) is 18.2 Å². The van der Waals surface area contributed by atoms with Gasteiger partial charge >= 0.3 is 0 Å². The van der Waals surface area contributed by atoms with Gasteiger partial charge in [0.25, 0.3) is 0 Å². The lowest BCUT2D eigenvalue weighted by atomic mass is 10.1. The van der Waals surface area contributed by atoms with E-state index in [9.17, 15) is 18.0 Å². The zero-order chi connectivity index (χ0) is 22.4. The second kappa shape index (κ2) is 9.93. The first-order valence-electron chi connectivity index (χ1n) is 10.2. The number of nitrogens with zero attached hydrogens (tertiary/aromatic N) is 1. The van der Waals surface area contributed by atoms with Crippen molar-refractivity contribution < 1.29 is 18.0 Å². The van der Waals surface area contributed by atoms with E-state index in [1.54, 1.807) is 0 Å². The third-order valence-corrected chi connectivity index (χ3v) is 6.74. The molecule has 0 radical (unpaired) electrons. The molecule has 1 unspecified atom stereocenters. The topological polar surface area (TPSA) is 108 Å². The Morgan fingerprint density at radius 3 is 2.42 bits per heavy atom. The molecule has 0 saturated carbocycles. The summed E-state index contributed by atoms with van der Waals surface area (Å²) in [5.41, 5.74) is 1.67. The summed E-state index contributed by atoms with van der Waals surface area (Å²) in [6.45, 7) is 5.17. The van der Waals surface area contributed by atoms with Crippen LogP contribution in [-0.2, 0) is 19.6 Å². The number of nitrogens with one attached hydrogen (secondary N) is 3.